The fourth-order valence-corrected chi connectivity index (χ4v) is 5.14. The standard InChI is InChI=1S/C13H20N2O4S2/c1-3-11-10-6-9-20-12(10)4-8-15(11)21(18,19)14(2)7-5-13(16)17/h6,9,11H,3-5,7-8H2,1-2H3,(H,16,17). The first kappa shape index (κ1) is 16.4. The van der Waals surface area contributed by atoms with Crippen LogP contribution in [0.2, 0.25) is 0 Å². The maximum Gasteiger partial charge on any atom is 0.304 e. The van der Waals surface area contributed by atoms with Crippen molar-refractivity contribution in [2.75, 3.05) is 20.1 Å². The van der Waals surface area contributed by atoms with Gasteiger partial charge in [0.1, 0.15) is 0 Å². The third-order valence-electron chi connectivity index (χ3n) is 3.76. The van der Waals surface area contributed by atoms with Crippen LogP contribution in [-0.2, 0) is 21.4 Å². The van der Waals surface area contributed by atoms with Crippen LogP contribution >= 0.6 is 11.3 Å². The van der Waals surface area contributed by atoms with Crippen LogP contribution in [0, 0.1) is 0 Å². The third-order valence-corrected chi connectivity index (χ3v) is 6.76. The summed E-state index contributed by atoms with van der Waals surface area (Å²) in [7, 11) is -2.19. The van der Waals surface area contributed by atoms with Gasteiger partial charge in [0.15, 0.2) is 0 Å². The number of rotatable bonds is 6. The summed E-state index contributed by atoms with van der Waals surface area (Å²) in [4.78, 5) is 11.9. The lowest BCUT2D eigenvalue weighted by atomic mass is 10.0. The van der Waals surface area contributed by atoms with E-state index in [1.807, 2.05) is 18.4 Å². The molecule has 1 aromatic heterocycles. The molecule has 1 unspecified atom stereocenters. The van der Waals surface area contributed by atoms with Crippen LogP contribution in [0.15, 0.2) is 11.4 Å². The van der Waals surface area contributed by atoms with Gasteiger partial charge in [-0.15, -0.1) is 11.3 Å². The maximum absolute atomic E-state index is 12.7. The Balaban J connectivity index is 2.22. The van der Waals surface area contributed by atoms with Crippen molar-refractivity contribution >= 4 is 27.5 Å². The summed E-state index contributed by atoms with van der Waals surface area (Å²) < 4.78 is 28.0. The van der Waals surface area contributed by atoms with Gasteiger partial charge in [0, 0.05) is 25.0 Å². The molecular formula is C13H20N2O4S2. The van der Waals surface area contributed by atoms with E-state index < -0.39 is 16.2 Å². The normalized spacial score (nSPS) is 19.7. The molecular weight excluding hydrogens is 312 g/mol. The molecule has 21 heavy (non-hydrogen) atoms. The minimum Gasteiger partial charge on any atom is -0.481 e. The van der Waals surface area contributed by atoms with Gasteiger partial charge in [-0.05, 0) is 29.9 Å². The summed E-state index contributed by atoms with van der Waals surface area (Å²) >= 11 is 1.67. The van der Waals surface area contributed by atoms with Crippen molar-refractivity contribution in [1.82, 2.24) is 8.61 Å². The lowest BCUT2D eigenvalue weighted by molar-refractivity contribution is -0.137. The molecule has 1 aliphatic rings. The van der Waals surface area contributed by atoms with E-state index in [2.05, 4.69) is 0 Å². The molecule has 0 amide bonds. The molecule has 6 nitrogen and oxygen atoms in total. The highest BCUT2D eigenvalue weighted by Crippen LogP contribution is 2.37. The van der Waals surface area contributed by atoms with E-state index in [-0.39, 0.29) is 19.0 Å². The largest absolute Gasteiger partial charge is 0.481 e. The van der Waals surface area contributed by atoms with Crippen molar-refractivity contribution in [2.24, 2.45) is 0 Å². The number of carboxylic acids is 1. The molecule has 0 radical (unpaired) electrons. The van der Waals surface area contributed by atoms with Gasteiger partial charge < -0.3 is 5.11 Å². The summed E-state index contributed by atoms with van der Waals surface area (Å²) in [6.07, 6.45) is 1.23. The van der Waals surface area contributed by atoms with Gasteiger partial charge in [-0.3, -0.25) is 4.79 Å². The minimum absolute atomic E-state index is 0.0128. The SMILES string of the molecule is CCC1c2ccsc2CCN1S(=O)(=O)N(C)CCC(=O)O. The Kier molecular flexibility index (Phi) is 5.03. The summed E-state index contributed by atoms with van der Waals surface area (Å²) in [5, 5.41) is 10.7. The lowest BCUT2D eigenvalue weighted by Gasteiger charge is -2.36. The molecule has 0 saturated carbocycles. The second-order valence-electron chi connectivity index (χ2n) is 5.06. The van der Waals surface area contributed by atoms with E-state index >= 15 is 0 Å². The number of aliphatic carboxylic acids is 1. The Morgan fingerprint density at radius 3 is 2.90 bits per heavy atom. The van der Waals surface area contributed by atoms with Crippen molar-refractivity contribution in [1.29, 1.82) is 0 Å². The van der Waals surface area contributed by atoms with Crippen molar-refractivity contribution in [3.05, 3.63) is 21.9 Å². The van der Waals surface area contributed by atoms with E-state index in [1.54, 1.807) is 11.3 Å². The number of fused-ring (bicyclic) bond motifs is 1. The molecule has 0 spiro atoms. The average molecular weight is 332 g/mol. The molecule has 0 fully saturated rings. The lowest BCUT2D eigenvalue weighted by Crippen LogP contribution is -2.46. The molecule has 0 bridgehead atoms. The Morgan fingerprint density at radius 1 is 1.57 bits per heavy atom. The number of thiophene rings is 1. The monoisotopic (exact) mass is 332 g/mol. The smallest absolute Gasteiger partial charge is 0.304 e. The number of hydrogen-bond acceptors (Lipinski definition) is 4. The second kappa shape index (κ2) is 6.43. The maximum atomic E-state index is 12.7. The molecule has 1 N–H and O–H groups in total. The zero-order valence-corrected chi connectivity index (χ0v) is 13.8. The highest BCUT2D eigenvalue weighted by molar-refractivity contribution is 7.86. The Bertz CT molecular complexity index is 611. The molecule has 118 valence electrons. The van der Waals surface area contributed by atoms with Crippen LogP contribution in [0.4, 0.5) is 0 Å². The fourth-order valence-electron chi connectivity index (χ4n) is 2.62. The quantitative estimate of drug-likeness (QED) is 0.860. The van der Waals surface area contributed by atoms with Crippen LogP contribution in [0.3, 0.4) is 0 Å². The van der Waals surface area contributed by atoms with E-state index in [0.29, 0.717) is 13.0 Å². The number of hydrogen-bond donors (Lipinski definition) is 1. The predicted molar refractivity (Wildman–Crippen MR) is 81.6 cm³/mol. The van der Waals surface area contributed by atoms with Crippen LogP contribution in [0.25, 0.3) is 0 Å². The van der Waals surface area contributed by atoms with Crippen LogP contribution < -0.4 is 0 Å². The van der Waals surface area contributed by atoms with Gasteiger partial charge in [-0.1, -0.05) is 6.92 Å². The summed E-state index contributed by atoms with van der Waals surface area (Å²) in [5.74, 6) is -0.997. The van der Waals surface area contributed by atoms with Gasteiger partial charge in [0.2, 0.25) is 0 Å². The van der Waals surface area contributed by atoms with Gasteiger partial charge >= 0.3 is 5.97 Å². The first-order valence-electron chi connectivity index (χ1n) is 6.89. The van der Waals surface area contributed by atoms with E-state index in [4.69, 9.17) is 5.11 Å². The molecule has 0 aliphatic carbocycles. The zero-order valence-electron chi connectivity index (χ0n) is 12.2. The Hall–Kier alpha value is -0.960. The van der Waals surface area contributed by atoms with Crippen LogP contribution in [0.5, 0.6) is 0 Å². The Morgan fingerprint density at radius 2 is 2.29 bits per heavy atom. The number of carbonyl (C=O) groups is 1. The van der Waals surface area contributed by atoms with E-state index in [9.17, 15) is 13.2 Å². The average Bonchev–Trinajstić information content (AvgIpc) is 2.91. The van der Waals surface area contributed by atoms with E-state index in [0.717, 1.165) is 16.3 Å². The molecule has 1 atom stereocenters. The van der Waals surface area contributed by atoms with Gasteiger partial charge in [0.25, 0.3) is 10.2 Å². The highest BCUT2D eigenvalue weighted by Gasteiger charge is 2.37. The fraction of sp³-hybridized carbons (Fsp3) is 0.615. The molecule has 2 heterocycles. The molecule has 0 aromatic carbocycles. The van der Waals surface area contributed by atoms with Crippen LogP contribution in [0.1, 0.15) is 36.2 Å². The van der Waals surface area contributed by atoms with Crippen molar-refractivity contribution in [2.45, 2.75) is 32.2 Å². The second-order valence-corrected chi connectivity index (χ2v) is 8.05. The summed E-state index contributed by atoms with van der Waals surface area (Å²) in [6, 6.07) is 1.84. The number of carboxylic acid groups (broad SMARTS) is 1. The first-order chi connectivity index (χ1) is 9.87. The summed E-state index contributed by atoms with van der Waals surface area (Å²) in [5.41, 5.74) is 1.09. The molecule has 1 aliphatic heterocycles. The topological polar surface area (TPSA) is 77.9 Å². The zero-order chi connectivity index (χ0) is 15.6. The van der Waals surface area contributed by atoms with Crippen molar-refractivity contribution < 1.29 is 18.3 Å². The first-order valence-corrected chi connectivity index (χ1v) is 9.16. The van der Waals surface area contributed by atoms with Crippen molar-refractivity contribution in [3.63, 3.8) is 0 Å². The van der Waals surface area contributed by atoms with Crippen LogP contribution in [-0.4, -0.2) is 48.2 Å². The van der Waals surface area contributed by atoms with Crippen molar-refractivity contribution in [3.8, 4) is 0 Å². The van der Waals surface area contributed by atoms with Gasteiger partial charge in [-0.2, -0.15) is 17.0 Å². The molecule has 8 heteroatoms. The highest BCUT2D eigenvalue weighted by atomic mass is 32.2. The number of nitrogens with zero attached hydrogens (tertiary/aromatic N) is 2. The summed E-state index contributed by atoms with van der Waals surface area (Å²) in [6.45, 7) is 2.41. The van der Waals surface area contributed by atoms with Gasteiger partial charge in [0.05, 0.1) is 12.5 Å². The molecule has 1 aromatic rings. The molecule has 0 saturated heterocycles. The predicted octanol–water partition coefficient (Wildman–Crippen LogP) is 1.71. The minimum atomic E-state index is -3.63. The molecule has 2 rings (SSSR count). The van der Waals surface area contributed by atoms with E-state index in [1.165, 1.54) is 16.2 Å². The third kappa shape index (κ3) is 3.28. The Labute approximate surface area is 129 Å². The van der Waals surface area contributed by atoms with Gasteiger partial charge in [-0.25, -0.2) is 0 Å².